The molecule has 2 aromatic carbocycles. The molecular formula is C37H45ClN2O5. The fraction of sp³-hybridized carbons (Fsp3) is 0.486. The molecule has 0 bridgehead atoms. The Bertz CT molecular complexity index is 1580. The summed E-state index contributed by atoms with van der Waals surface area (Å²) >= 11 is 6.86. The normalized spacial score (nSPS) is 19.4. The molecule has 0 aromatic heterocycles. The van der Waals surface area contributed by atoms with Gasteiger partial charge in [0, 0.05) is 53.5 Å². The summed E-state index contributed by atoms with van der Waals surface area (Å²) in [5.74, 6) is -0.186. The zero-order valence-electron chi connectivity index (χ0n) is 27.8. The number of anilines is 1. The second-order valence-corrected chi connectivity index (χ2v) is 14.8. The number of aryl methyl sites for hydroxylation is 2. The number of Topliss-reactive ketones (excluding diaryl/α,β-unsaturated/α-hetero) is 2. The molecule has 45 heavy (non-hydrogen) atoms. The number of halogens is 1. The molecule has 0 unspecified atom stereocenters. The minimum atomic E-state index is -0.552. The van der Waals surface area contributed by atoms with Gasteiger partial charge in [-0.3, -0.25) is 14.4 Å². The Balaban J connectivity index is 1.54. The fourth-order valence-electron chi connectivity index (χ4n) is 7.08. The number of ketones is 2. The van der Waals surface area contributed by atoms with Gasteiger partial charge in [-0.15, -0.1) is 0 Å². The highest BCUT2D eigenvalue weighted by molar-refractivity contribution is 6.32. The van der Waals surface area contributed by atoms with E-state index < -0.39 is 5.92 Å². The monoisotopic (exact) mass is 632 g/mol. The Morgan fingerprint density at radius 3 is 2.07 bits per heavy atom. The molecule has 0 saturated carbocycles. The summed E-state index contributed by atoms with van der Waals surface area (Å²) in [5, 5.41) is 3.11. The van der Waals surface area contributed by atoms with Crippen LogP contribution in [0, 0.1) is 24.7 Å². The number of methoxy groups -OCH3 is 1. The van der Waals surface area contributed by atoms with Crippen molar-refractivity contribution >= 4 is 34.8 Å². The lowest BCUT2D eigenvalue weighted by Gasteiger charge is -2.49. The van der Waals surface area contributed by atoms with Crippen LogP contribution in [0.5, 0.6) is 11.5 Å². The highest BCUT2D eigenvalue weighted by Crippen LogP contribution is 2.55. The zero-order chi connectivity index (χ0) is 32.8. The van der Waals surface area contributed by atoms with Crippen molar-refractivity contribution in [3.05, 3.63) is 74.6 Å². The van der Waals surface area contributed by atoms with E-state index in [4.69, 9.17) is 21.1 Å². The molecule has 1 heterocycles. The Morgan fingerprint density at radius 2 is 1.53 bits per heavy atom. The van der Waals surface area contributed by atoms with Crippen LogP contribution in [0.15, 0.2) is 52.9 Å². The van der Waals surface area contributed by atoms with E-state index in [0.29, 0.717) is 41.0 Å². The van der Waals surface area contributed by atoms with Gasteiger partial charge in [0.1, 0.15) is 0 Å². The number of rotatable bonds is 8. The molecule has 1 amide bonds. The fourth-order valence-corrected chi connectivity index (χ4v) is 7.35. The van der Waals surface area contributed by atoms with Gasteiger partial charge >= 0.3 is 0 Å². The maximum atomic E-state index is 14.0. The third kappa shape index (κ3) is 6.55. The van der Waals surface area contributed by atoms with Crippen LogP contribution in [0.3, 0.4) is 0 Å². The average molecular weight is 633 g/mol. The Morgan fingerprint density at radius 1 is 0.933 bits per heavy atom. The Labute approximate surface area is 272 Å². The molecular weight excluding hydrogens is 588 g/mol. The van der Waals surface area contributed by atoms with Crippen LogP contribution in [0.2, 0.25) is 5.02 Å². The predicted molar refractivity (Wildman–Crippen MR) is 178 cm³/mol. The molecule has 0 spiro atoms. The van der Waals surface area contributed by atoms with Gasteiger partial charge in [0.05, 0.1) is 12.1 Å². The summed E-state index contributed by atoms with van der Waals surface area (Å²) in [4.78, 5) is 43.1. The molecule has 0 radical (unpaired) electrons. The zero-order valence-corrected chi connectivity index (χ0v) is 28.5. The number of amides is 1. The largest absolute Gasteiger partial charge is 0.493 e. The summed E-state index contributed by atoms with van der Waals surface area (Å²) in [7, 11) is 1.51. The summed E-state index contributed by atoms with van der Waals surface area (Å²) in [6.07, 6.45) is 3.21. The van der Waals surface area contributed by atoms with E-state index in [1.54, 1.807) is 12.1 Å². The molecule has 1 N–H and O–H groups in total. The van der Waals surface area contributed by atoms with Crippen molar-refractivity contribution in [2.45, 2.75) is 86.5 Å². The van der Waals surface area contributed by atoms with E-state index in [9.17, 15) is 14.4 Å². The SMILES string of the molecule is CCCN1C2=C(C(=O)CC(C)(C)C2)C(c2cc(Cl)c(OCC(=O)Nc3ccc(C)c(C)c3)c(OC)c2)C2=C1CC(C)(C)CC2=O. The minimum absolute atomic E-state index is 0.0648. The van der Waals surface area contributed by atoms with E-state index in [2.05, 4.69) is 44.8 Å². The van der Waals surface area contributed by atoms with Crippen molar-refractivity contribution in [2.75, 3.05) is 25.6 Å². The number of nitrogens with one attached hydrogen (secondary N) is 1. The quantitative estimate of drug-likeness (QED) is 0.317. The number of hydrogen-bond acceptors (Lipinski definition) is 6. The number of carbonyl (C=O) groups excluding carboxylic acids is 3. The first kappa shape index (κ1) is 32.8. The molecule has 240 valence electrons. The lowest BCUT2D eigenvalue weighted by molar-refractivity contribution is -0.120. The second-order valence-electron chi connectivity index (χ2n) is 14.4. The third-order valence-electron chi connectivity index (χ3n) is 9.19. The number of nitrogens with zero attached hydrogens (tertiary/aromatic N) is 1. The molecule has 1 aliphatic heterocycles. The van der Waals surface area contributed by atoms with E-state index in [1.165, 1.54) is 7.11 Å². The molecule has 5 rings (SSSR count). The summed E-state index contributed by atoms with van der Waals surface area (Å²) < 4.78 is 11.6. The molecule has 0 atom stereocenters. The van der Waals surface area contributed by atoms with Gasteiger partial charge in [0.2, 0.25) is 0 Å². The Hall–Kier alpha value is -3.58. The lowest BCUT2D eigenvalue weighted by atomic mass is 9.63. The van der Waals surface area contributed by atoms with Crippen molar-refractivity contribution in [3.8, 4) is 11.5 Å². The first-order valence-corrected chi connectivity index (χ1v) is 16.2. The van der Waals surface area contributed by atoms with Crippen LogP contribution in [0.25, 0.3) is 0 Å². The number of hydrogen-bond donors (Lipinski definition) is 1. The maximum absolute atomic E-state index is 14.0. The summed E-state index contributed by atoms with van der Waals surface area (Å²) in [6.45, 7) is 15.1. The van der Waals surface area contributed by atoms with Crippen LogP contribution < -0.4 is 14.8 Å². The van der Waals surface area contributed by atoms with Crippen molar-refractivity contribution < 1.29 is 23.9 Å². The van der Waals surface area contributed by atoms with E-state index >= 15 is 0 Å². The van der Waals surface area contributed by atoms with Crippen molar-refractivity contribution in [1.82, 2.24) is 4.90 Å². The number of ether oxygens (including phenoxy) is 2. The maximum Gasteiger partial charge on any atom is 0.262 e. The van der Waals surface area contributed by atoms with Crippen LogP contribution in [-0.2, 0) is 14.4 Å². The second kappa shape index (κ2) is 12.3. The molecule has 2 aliphatic carbocycles. The van der Waals surface area contributed by atoms with Gasteiger partial charge in [-0.05, 0) is 84.9 Å². The summed E-state index contributed by atoms with van der Waals surface area (Å²) in [5.41, 5.74) is 6.64. The number of allylic oxidation sites excluding steroid dienone is 4. The van der Waals surface area contributed by atoms with E-state index in [1.807, 2.05) is 32.0 Å². The van der Waals surface area contributed by atoms with Gasteiger partial charge in [0.25, 0.3) is 5.91 Å². The predicted octanol–water partition coefficient (Wildman–Crippen LogP) is 8.08. The molecule has 7 nitrogen and oxygen atoms in total. The van der Waals surface area contributed by atoms with Crippen LogP contribution >= 0.6 is 11.6 Å². The van der Waals surface area contributed by atoms with Crippen LogP contribution in [0.4, 0.5) is 5.69 Å². The van der Waals surface area contributed by atoms with E-state index in [0.717, 1.165) is 48.3 Å². The summed E-state index contributed by atoms with van der Waals surface area (Å²) in [6, 6.07) is 9.28. The highest BCUT2D eigenvalue weighted by Gasteiger charge is 2.49. The van der Waals surface area contributed by atoms with Crippen molar-refractivity contribution in [2.24, 2.45) is 10.8 Å². The van der Waals surface area contributed by atoms with Gasteiger partial charge in [-0.1, -0.05) is 52.3 Å². The molecule has 2 aromatic rings. The van der Waals surface area contributed by atoms with Gasteiger partial charge in [-0.25, -0.2) is 0 Å². The van der Waals surface area contributed by atoms with E-state index in [-0.39, 0.29) is 45.7 Å². The molecule has 3 aliphatic rings. The van der Waals surface area contributed by atoms with Gasteiger partial charge < -0.3 is 19.7 Å². The highest BCUT2D eigenvalue weighted by atomic mass is 35.5. The Kier molecular flexibility index (Phi) is 8.98. The number of benzene rings is 2. The van der Waals surface area contributed by atoms with Crippen molar-refractivity contribution in [1.29, 1.82) is 0 Å². The van der Waals surface area contributed by atoms with Gasteiger partial charge in [0.15, 0.2) is 29.7 Å². The third-order valence-corrected chi connectivity index (χ3v) is 9.47. The standard InChI is InChI=1S/C37H45ClN2O5/c1-9-12-40-26-16-36(4,5)18-28(41)33(26)32(34-27(40)17-37(6,7)19-29(34)42)23-14-25(38)35(30(15-23)44-8)45-20-31(43)39-24-11-10-21(2)22(3)13-24/h10-11,13-15,32H,9,12,16-20H2,1-8H3,(H,39,43). The lowest BCUT2D eigenvalue weighted by Crippen LogP contribution is -2.44. The van der Waals surface area contributed by atoms with Gasteiger partial charge in [-0.2, -0.15) is 0 Å². The number of carbonyl (C=O) groups is 3. The first-order chi connectivity index (χ1) is 21.1. The molecule has 8 heteroatoms. The van der Waals surface area contributed by atoms with Crippen LogP contribution in [-0.4, -0.2) is 42.6 Å². The minimum Gasteiger partial charge on any atom is -0.493 e. The average Bonchev–Trinajstić information content (AvgIpc) is 2.93. The topological polar surface area (TPSA) is 84.9 Å². The van der Waals surface area contributed by atoms with Crippen molar-refractivity contribution in [3.63, 3.8) is 0 Å². The van der Waals surface area contributed by atoms with Crippen LogP contribution in [0.1, 0.15) is 89.3 Å². The molecule has 0 saturated heterocycles. The molecule has 0 fully saturated rings. The first-order valence-electron chi connectivity index (χ1n) is 15.8. The smallest absolute Gasteiger partial charge is 0.262 e.